The lowest BCUT2D eigenvalue weighted by atomic mass is 9.99. The van der Waals surface area contributed by atoms with Crippen LogP contribution in [0.25, 0.3) is 11.3 Å². The third-order valence-corrected chi connectivity index (χ3v) is 5.43. The minimum absolute atomic E-state index is 0.244. The Balaban J connectivity index is 1.68. The predicted octanol–water partition coefficient (Wildman–Crippen LogP) is 4.35. The van der Waals surface area contributed by atoms with Crippen LogP contribution in [-0.4, -0.2) is 51.1 Å². The second-order valence-corrected chi connectivity index (χ2v) is 8.12. The van der Waals surface area contributed by atoms with Crippen LogP contribution in [0.1, 0.15) is 21.5 Å². The van der Waals surface area contributed by atoms with Gasteiger partial charge in [-0.2, -0.15) is 0 Å². The molecule has 3 aromatic rings. The van der Waals surface area contributed by atoms with Crippen LogP contribution in [0.15, 0.2) is 72.8 Å². The van der Waals surface area contributed by atoms with Crippen LogP contribution < -0.4 is 15.4 Å². The Labute approximate surface area is 199 Å². The van der Waals surface area contributed by atoms with E-state index in [2.05, 4.69) is 15.5 Å². The molecule has 0 saturated carbocycles. The van der Waals surface area contributed by atoms with Gasteiger partial charge in [0.1, 0.15) is 12.4 Å². The van der Waals surface area contributed by atoms with Crippen molar-refractivity contribution in [3.05, 3.63) is 89.5 Å². The standard InChI is InChI=1S/C27H27N3O4/c1-30(2)15-16-34-21-12-10-20(11-13-21)28-25(18-7-5-4-6-8-18)24-22-14-9-19(27(32)33-3)17-23(22)29-26(24)31/h4-14,17,28H,15-16H2,1-3H3,(H,29,31)/b25-24-. The molecule has 0 fully saturated rings. The molecule has 1 amide bonds. The molecule has 34 heavy (non-hydrogen) atoms. The van der Waals surface area contributed by atoms with Crippen molar-refractivity contribution in [3.8, 4) is 5.75 Å². The van der Waals surface area contributed by atoms with Crippen LogP contribution in [0.2, 0.25) is 0 Å². The van der Waals surface area contributed by atoms with Crippen molar-refractivity contribution in [1.29, 1.82) is 0 Å². The lowest BCUT2D eigenvalue weighted by Crippen LogP contribution is -2.19. The van der Waals surface area contributed by atoms with E-state index >= 15 is 0 Å². The van der Waals surface area contributed by atoms with Crippen molar-refractivity contribution in [2.24, 2.45) is 0 Å². The Morgan fingerprint density at radius 2 is 1.71 bits per heavy atom. The second kappa shape index (κ2) is 10.2. The summed E-state index contributed by atoms with van der Waals surface area (Å²) in [5, 5.41) is 6.30. The summed E-state index contributed by atoms with van der Waals surface area (Å²) in [6.07, 6.45) is 0. The first-order chi connectivity index (χ1) is 16.5. The molecule has 0 aromatic heterocycles. The van der Waals surface area contributed by atoms with Crippen LogP contribution in [-0.2, 0) is 9.53 Å². The number of hydrogen-bond acceptors (Lipinski definition) is 6. The molecule has 3 aromatic carbocycles. The number of hydrogen-bond donors (Lipinski definition) is 2. The van der Waals surface area contributed by atoms with Gasteiger partial charge in [-0.25, -0.2) is 4.79 Å². The Hall–Kier alpha value is -4.10. The van der Waals surface area contributed by atoms with Crippen molar-refractivity contribution in [3.63, 3.8) is 0 Å². The number of anilines is 2. The van der Waals surface area contributed by atoms with Crippen molar-refractivity contribution in [1.82, 2.24) is 4.90 Å². The summed E-state index contributed by atoms with van der Waals surface area (Å²) in [6.45, 7) is 1.43. The van der Waals surface area contributed by atoms with E-state index in [0.29, 0.717) is 34.7 Å². The molecule has 0 atom stereocenters. The molecule has 7 heteroatoms. The highest BCUT2D eigenvalue weighted by Gasteiger charge is 2.29. The number of rotatable bonds is 8. The quantitative estimate of drug-likeness (QED) is 0.387. The summed E-state index contributed by atoms with van der Waals surface area (Å²) in [6, 6.07) is 22.4. The van der Waals surface area contributed by atoms with E-state index in [0.717, 1.165) is 23.5 Å². The van der Waals surface area contributed by atoms with Gasteiger partial charge in [0.15, 0.2) is 0 Å². The summed E-state index contributed by atoms with van der Waals surface area (Å²) < 4.78 is 10.6. The highest BCUT2D eigenvalue weighted by molar-refractivity contribution is 6.37. The second-order valence-electron chi connectivity index (χ2n) is 8.12. The van der Waals surface area contributed by atoms with Crippen molar-refractivity contribution in [2.45, 2.75) is 0 Å². The lowest BCUT2D eigenvalue weighted by molar-refractivity contribution is -0.110. The number of methoxy groups -OCH3 is 1. The van der Waals surface area contributed by atoms with Crippen LogP contribution in [0, 0.1) is 0 Å². The molecule has 7 nitrogen and oxygen atoms in total. The monoisotopic (exact) mass is 457 g/mol. The molecule has 1 aliphatic heterocycles. The van der Waals surface area contributed by atoms with Gasteiger partial charge in [-0.1, -0.05) is 36.4 Å². The molecule has 0 aliphatic carbocycles. The van der Waals surface area contributed by atoms with Crippen LogP contribution in [0.5, 0.6) is 5.75 Å². The van der Waals surface area contributed by atoms with Gasteiger partial charge in [0.25, 0.3) is 5.91 Å². The molecular formula is C27H27N3O4. The van der Waals surface area contributed by atoms with E-state index < -0.39 is 5.97 Å². The van der Waals surface area contributed by atoms with E-state index in [4.69, 9.17) is 9.47 Å². The third-order valence-electron chi connectivity index (χ3n) is 5.43. The highest BCUT2D eigenvalue weighted by Crippen LogP contribution is 2.38. The Bertz CT molecular complexity index is 1220. The number of ether oxygens (including phenoxy) is 2. The zero-order valence-corrected chi connectivity index (χ0v) is 19.4. The number of nitrogens with one attached hydrogen (secondary N) is 2. The highest BCUT2D eigenvalue weighted by atomic mass is 16.5. The average molecular weight is 458 g/mol. The maximum Gasteiger partial charge on any atom is 0.337 e. The number of amides is 1. The summed E-state index contributed by atoms with van der Waals surface area (Å²) in [5.74, 6) is 0.0800. The van der Waals surface area contributed by atoms with Gasteiger partial charge in [0, 0.05) is 17.8 Å². The SMILES string of the molecule is COC(=O)c1ccc2c(c1)NC(=O)/C2=C(\Nc1ccc(OCCN(C)C)cc1)c1ccccc1. The first kappa shape index (κ1) is 23.1. The smallest absolute Gasteiger partial charge is 0.337 e. The molecular weight excluding hydrogens is 430 g/mol. The summed E-state index contributed by atoms with van der Waals surface area (Å²) in [7, 11) is 5.33. The molecule has 2 N–H and O–H groups in total. The maximum atomic E-state index is 13.1. The minimum Gasteiger partial charge on any atom is -0.492 e. The first-order valence-electron chi connectivity index (χ1n) is 10.9. The van der Waals surface area contributed by atoms with E-state index in [1.807, 2.05) is 68.7 Å². The Morgan fingerprint density at radius 1 is 0.971 bits per heavy atom. The zero-order chi connectivity index (χ0) is 24.1. The van der Waals surface area contributed by atoms with Gasteiger partial charge in [-0.3, -0.25) is 4.79 Å². The maximum absolute atomic E-state index is 13.1. The van der Waals surface area contributed by atoms with Crippen LogP contribution in [0.4, 0.5) is 11.4 Å². The summed E-state index contributed by atoms with van der Waals surface area (Å²) >= 11 is 0. The zero-order valence-electron chi connectivity index (χ0n) is 19.4. The van der Waals surface area contributed by atoms with Gasteiger partial charge in [-0.05, 0) is 56.1 Å². The van der Waals surface area contributed by atoms with E-state index in [1.54, 1.807) is 18.2 Å². The number of likely N-dealkylation sites (N-methyl/N-ethyl adjacent to an activating group) is 1. The number of carbonyl (C=O) groups excluding carboxylic acids is 2. The third kappa shape index (κ3) is 5.10. The molecule has 0 saturated heterocycles. The number of esters is 1. The van der Waals surface area contributed by atoms with Crippen molar-refractivity contribution >= 4 is 34.5 Å². The van der Waals surface area contributed by atoms with E-state index in [1.165, 1.54) is 7.11 Å². The number of benzene rings is 3. The molecule has 0 bridgehead atoms. The van der Waals surface area contributed by atoms with Crippen molar-refractivity contribution < 1.29 is 19.1 Å². The summed E-state index contributed by atoms with van der Waals surface area (Å²) in [5.41, 5.74) is 4.52. The molecule has 1 aliphatic rings. The predicted molar refractivity (Wildman–Crippen MR) is 134 cm³/mol. The molecule has 0 radical (unpaired) electrons. The topological polar surface area (TPSA) is 79.9 Å². The van der Waals surface area contributed by atoms with Crippen LogP contribution in [0.3, 0.4) is 0 Å². The molecule has 0 unspecified atom stereocenters. The molecule has 4 rings (SSSR count). The number of nitrogens with zero attached hydrogens (tertiary/aromatic N) is 1. The molecule has 1 heterocycles. The fourth-order valence-electron chi connectivity index (χ4n) is 3.67. The molecule has 0 spiro atoms. The van der Waals surface area contributed by atoms with E-state index in [9.17, 15) is 9.59 Å². The molecule has 174 valence electrons. The summed E-state index contributed by atoms with van der Waals surface area (Å²) in [4.78, 5) is 27.1. The number of carbonyl (C=O) groups is 2. The normalized spacial score (nSPS) is 13.8. The van der Waals surface area contributed by atoms with Gasteiger partial charge >= 0.3 is 5.97 Å². The van der Waals surface area contributed by atoms with Gasteiger partial charge in [0.05, 0.1) is 29.6 Å². The van der Waals surface area contributed by atoms with Gasteiger partial charge < -0.3 is 25.0 Å². The van der Waals surface area contributed by atoms with Gasteiger partial charge in [-0.15, -0.1) is 0 Å². The lowest BCUT2D eigenvalue weighted by Gasteiger charge is -2.16. The number of fused-ring (bicyclic) bond motifs is 1. The van der Waals surface area contributed by atoms with E-state index in [-0.39, 0.29) is 5.91 Å². The minimum atomic E-state index is -0.455. The average Bonchev–Trinajstić information content (AvgIpc) is 3.18. The van der Waals surface area contributed by atoms with Gasteiger partial charge in [0.2, 0.25) is 0 Å². The largest absolute Gasteiger partial charge is 0.492 e. The first-order valence-corrected chi connectivity index (χ1v) is 10.9. The Kier molecular flexibility index (Phi) is 6.94. The Morgan fingerprint density at radius 3 is 2.38 bits per heavy atom. The fourth-order valence-corrected chi connectivity index (χ4v) is 3.67. The fraction of sp³-hybridized carbons (Fsp3) is 0.185. The van der Waals surface area contributed by atoms with Crippen molar-refractivity contribution in [2.75, 3.05) is 45.0 Å². The van der Waals surface area contributed by atoms with Crippen LogP contribution >= 0.6 is 0 Å².